The largest absolute Gasteiger partial charge is 0.493 e. The molecule has 0 saturated carbocycles. The highest BCUT2D eigenvalue weighted by Gasteiger charge is 2.22. The van der Waals surface area contributed by atoms with E-state index < -0.39 is 0 Å². The lowest BCUT2D eigenvalue weighted by atomic mass is 10.1. The molecule has 0 bridgehead atoms. The van der Waals surface area contributed by atoms with E-state index in [9.17, 15) is 0 Å². The van der Waals surface area contributed by atoms with Crippen LogP contribution in [0, 0.1) is 5.92 Å². The first-order valence-electron chi connectivity index (χ1n) is 9.58. The molecule has 0 spiro atoms. The molecule has 0 aliphatic carbocycles. The monoisotopic (exact) mass is 474 g/mol. The number of nitrogens with two attached hydrogens (primary N) is 1. The van der Waals surface area contributed by atoms with Crippen molar-refractivity contribution in [1.29, 1.82) is 0 Å². The van der Waals surface area contributed by atoms with Gasteiger partial charge in [0.15, 0.2) is 5.96 Å². The highest BCUT2D eigenvalue weighted by Crippen LogP contribution is 2.16. The Labute approximate surface area is 175 Å². The summed E-state index contributed by atoms with van der Waals surface area (Å²) in [6.45, 7) is 11.2. The van der Waals surface area contributed by atoms with E-state index in [1.807, 2.05) is 12.1 Å². The molecule has 148 valence electrons. The molecule has 1 aliphatic heterocycles. The van der Waals surface area contributed by atoms with Crippen LogP contribution in [-0.4, -0.2) is 49.7 Å². The second-order valence-corrected chi connectivity index (χ2v) is 7.18. The Hall–Kier alpha value is -1.02. The van der Waals surface area contributed by atoms with Crippen molar-refractivity contribution in [2.75, 3.05) is 32.8 Å². The van der Waals surface area contributed by atoms with E-state index in [-0.39, 0.29) is 24.0 Å². The second kappa shape index (κ2) is 12.4. The minimum Gasteiger partial charge on any atom is -0.493 e. The minimum atomic E-state index is 0. The van der Waals surface area contributed by atoms with Gasteiger partial charge in [-0.3, -0.25) is 9.89 Å². The molecule has 0 radical (unpaired) electrons. The van der Waals surface area contributed by atoms with Gasteiger partial charge in [0.1, 0.15) is 5.75 Å². The van der Waals surface area contributed by atoms with Crippen LogP contribution < -0.4 is 15.8 Å². The summed E-state index contributed by atoms with van der Waals surface area (Å²) in [5.41, 5.74) is 7.26. The molecule has 1 heterocycles. The molecular weight excluding hydrogens is 439 g/mol. The molecule has 1 atom stereocenters. The summed E-state index contributed by atoms with van der Waals surface area (Å²) in [5.74, 6) is 2.03. The van der Waals surface area contributed by atoms with Gasteiger partial charge in [-0.2, -0.15) is 0 Å². The van der Waals surface area contributed by atoms with E-state index in [1.54, 1.807) is 0 Å². The first-order chi connectivity index (χ1) is 12.1. The molecular formula is C20H35IN4O. The van der Waals surface area contributed by atoms with Crippen LogP contribution in [-0.2, 0) is 6.42 Å². The van der Waals surface area contributed by atoms with E-state index in [0.29, 0.717) is 17.9 Å². The SMILES string of the molecule is CCN1CCCC1CN=C(N)NCCc1ccc(OCC(C)C)cc1.I. The van der Waals surface area contributed by atoms with E-state index >= 15 is 0 Å². The maximum Gasteiger partial charge on any atom is 0.188 e. The first kappa shape index (κ1) is 23.0. The highest BCUT2D eigenvalue weighted by molar-refractivity contribution is 14.0. The third-order valence-electron chi connectivity index (χ3n) is 4.60. The molecule has 0 aromatic heterocycles. The number of likely N-dealkylation sites (tertiary alicyclic amines) is 1. The van der Waals surface area contributed by atoms with Gasteiger partial charge < -0.3 is 15.8 Å². The van der Waals surface area contributed by atoms with E-state index in [2.05, 4.69) is 48.1 Å². The molecule has 6 heteroatoms. The standard InChI is InChI=1S/C20H34N4O.HI/c1-4-24-13-5-6-18(24)14-23-20(21)22-12-11-17-7-9-19(10-8-17)25-15-16(2)3;/h7-10,16,18H,4-6,11-15H2,1-3H3,(H3,21,22,23);1H. The van der Waals surface area contributed by atoms with Crippen molar-refractivity contribution < 1.29 is 4.74 Å². The quantitative estimate of drug-likeness (QED) is 0.328. The number of guanidine groups is 1. The van der Waals surface area contributed by atoms with Gasteiger partial charge in [-0.15, -0.1) is 24.0 Å². The van der Waals surface area contributed by atoms with Crippen molar-refractivity contribution in [2.24, 2.45) is 16.6 Å². The maximum absolute atomic E-state index is 6.00. The molecule has 1 fully saturated rings. The Kier molecular flexibility index (Phi) is 11.0. The molecule has 5 nitrogen and oxygen atoms in total. The van der Waals surface area contributed by atoms with Gasteiger partial charge in [0.2, 0.25) is 0 Å². The van der Waals surface area contributed by atoms with Crippen LogP contribution in [0.5, 0.6) is 5.75 Å². The zero-order chi connectivity index (χ0) is 18.1. The predicted octanol–water partition coefficient (Wildman–Crippen LogP) is 3.27. The summed E-state index contributed by atoms with van der Waals surface area (Å²) >= 11 is 0. The summed E-state index contributed by atoms with van der Waals surface area (Å²) in [6.07, 6.45) is 3.43. The fraction of sp³-hybridized carbons (Fsp3) is 0.650. The molecule has 1 aromatic rings. The van der Waals surface area contributed by atoms with Crippen LogP contribution in [0.2, 0.25) is 0 Å². The zero-order valence-electron chi connectivity index (χ0n) is 16.4. The second-order valence-electron chi connectivity index (χ2n) is 7.18. The number of aliphatic imine (C=N–C) groups is 1. The molecule has 2 rings (SSSR count). The molecule has 1 aliphatic rings. The highest BCUT2D eigenvalue weighted by atomic mass is 127. The van der Waals surface area contributed by atoms with Gasteiger partial charge in [-0.1, -0.05) is 32.9 Å². The van der Waals surface area contributed by atoms with Gasteiger partial charge >= 0.3 is 0 Å². The van der Waals surface area contributed by atoms with Crippen LogP contribution in [0.3, 0.4) is 0 Å². The number of nitrogens with zero attached hydrogens (tertiary/aromatic N) is 2. The van der Waals surface area contributed by atoms with E-state index in [0.717, 1.165) is 38.4 Å². The van der Waals surface area contributed by atoms with Crippen molar-refractivity contribution >= 4 is 29.9 Å². The third kappa shape index (κ3) is 8.12. The summed E-state index contributed by atoms with van der Waals surface area (Å²) in [7, 11) is 0. The van der Waals surface area contributed by atoms with Crippen molar-refractivity contribution in [1.82, 2.24) is 10.2 Å². The van der Waals surface area contributed by atoms with Gasteiger partial charge in [0.05, 0.1) is 13.2 Å². The Morgan fingerprint density at radius 3 is 2.73 bits per heavy atom. The number of likely N-dealkylation sites (N-methyl/N-ethyl adjacent to an activating group) is 1. The predicted molar refractivity (Wildman–Crippen MR) is 121 cm³/mol. The average Bonchev–Trinajstić information content (AvgIpc) is 3.07. The van der Waals surface area contributed by atoms with E-state index in [4.69, 9.17) is 10.5 Å². The third-order valence-corrected chi connectivity index (χ3v) is 4.60. The fourth-order valence-electron chi connectivity index (χ4n) is 3.13. The van der Waals surface area contributed by atoms with Crippen LogP contribution in [0.4, 0.5) is 0 Å². The first-order valence-corrected chi connectivity index (χ1v) is 9.58. The molecule has 26 heavy (non-hydrogen) atoms. The topological polar surface area (TPSA) is 62.9 Å². The van der Waals surface area contributed by atoms with Crippen molar-refractivity contribution in [2.45, 2.75) is 46.1 Å². The Morgan fingerprint density at radius 2 is 2.08 bits per heavy atom. The Bertz CT molecular complexity index is 533. The number of hydrogen-bond donors (Lipinski definition) is 2. The maximum atomic E-state index is 6.00. The smallest absolute Gasteiger partial charge is 0.188 e. The number of halogens is 1. The Morgan fingerprint density at radius 1 is 1.35 bits per heavy atom. The molecule has 3 N–H and O–H groups in total. The van der Waals surface area contributed by atoms with Crippen LogP contribution >= 0.6 is 24.0 Å². The molecule has 1 aromatic carbocycles. The van der Waals surface area contributed by atoms with Crippen molar-refractivity contribution in [3.05, 3.63) is 29.8 Å². The zero-order valence-corrected chi connectivity index (χ0v) is 18.7. The van der Waals surface area contributed by atoms with Crippen LogP contribution in [0.25, 0.3) is 0 Å². The Balaban J connectivity index is 0.00000338. The minimum absolute atomic E-state index is 0. The van der Waals surface area contributed by atoms with Crippen molar-refractivity contribution in [3.8, 4) is 5.75 Å². The molecule has 1 saturated heterocycles. The van der Waals surface area contributed by atoms with Gasteiger partial charge in [0.25, 0.3) is 0 Å². The molecule has 1 unspecified atom stereocenters. The van der Waals surface area contributed by atoms with E-state index in [1.165, 1.54) is 24.9 Å². The fourth-order valence-corrected chi connectivity index (χ4v) is 3.13. The number of ether oxygens (including phenoxy) is 1. The van der Waals surface area contributed by atoms with Gasteiger partial charge in [-0.05, 0) is 56.0 Å². The number of rotatable bonds is 9. The van der Waals surface area contributed by atoms with Crippen LogP contribution in [0.15, 0.2) is 29.3 Å². The lowest BCUT2D eigenvalue weighted by Crippen LogP contribution is -2.36. The normalized spacial score (nSPS) is 18.0. The summed E-state index contributed by atoms with van der Waals surface area (Å²) < 4.78 is 5.70. The summed E-state index contributed by atoms with van der Waals surface area (Å²) in [5, 5.41) is 3.22. The lowest BCUT2D eigenvalue weighted by molar-refractivity contribution is 0.271. The average molecular weight is 474 g/mol. The summed E-state index contributed by atoms with van der Waals surface area (Å²) in [6, 6.07) is 8.86. The molecule has 0 amide bonds. The van der Waals surface area contributed by atoms with Crippen LogP contribution in [0.1, 0.15) is 39.2 Å². The van der Waals surface area contributed by atoms with Gasteiger partial charge in [-0.25, -0.2) is 0 Å². The number of benzene rings is 1. The summed E-state index contributed by atoms with van der Waals surface area (Å²) in [4.78, 5) is 7.00. The lowest BCUT2D eigenvalue weighted by Gasteiger charge is -2.20. The van der Waals surface area contributed by atoms with Crippen molar-refractivity contribution in [3.63, 3.8) is 0 Å². The number of nitrogens with one attached hydrogen (secondary N) is 1. The van der Waals surface area contributed by atoms with Gasteiger partial charge in [0, 0.05) is 12.6 Å². The number of hydrogen-bond acceptors (Lipinski definition) is 3.